The van der Waals surface area contributed by atoms with Crippen molar-refractivity contribution in [3.63, 3.8) is 0 Å². The van der Waals surface area contributed by atoms with Gasteiger partial charge in [0.1, 0.15) is 0 Å². The molecule has 0 spiro atoms. The Labute approximate surface area is 142 Å². The van der Waals surface area contributed by atoms with Crippen LogP contribution in [0.4, 0.5) is 0 Å². The second kappa shape index (κ2) is 7.90. The SMILES string of the molecule is C/C(=C\C(=O)NCCc1ccc(S(N)(=O)=O)cc1)c1ccccc1. The van der Waals surface area contributed by atoms with E-state index in [1.54, 1.807) is 18.2 Å². The van der Waals surface area contributed by atoms with Crippen LogP contribution in [0.5, 0.6) is 0 Å². The van der Waals surface area contributed by atoms with E-state index in [0.717, 1.165) is 16.7 Å². The quantitative estimate of drug-likeness (QED) is 0.787. The third kappa shape index (κ3) is 5.33. The number of carbonyl (C=O) groups excluding carboxylic acids is 1. The molecular weight excluding hydrogens is 324 g/mol. The normalized spacial score (nSPS) is 12.0. The molecule has 0 aliphatic carbocycles. The highest BCUT2D eigenvalue weighted by atomic mass is 32.2. The van der Waals surface area contributed by atoms with Crippen LogP contribution in [0.15, 0.2) is 65.6 Å². The summed E-state index contributed by atoms with van der Waals surface area (Å²) in [5.41, 5.74) is 2.82. The van der Waals surface area contributed by atoms with Gasteiger partial charge in [0.15, 0.2) is 0 Å². The molecule has 0 bridgehead atoms. The number of carbonyl (C=O) groups is 1. The largest absolute Gasteiger partial charge is 0.352 e. The van der Waals surface area contributed by atoms with Crippen LogP contribution < -0.4 is 10.5 Å². The fourth-order valence-corrected chi connectivity index (χ4v) is 2.72. The Balaban J connectivity index is 1.87. The predicted octanol–water partition coefficient (Wildman–Crippen LogP) is 2.10. The molecule has 1 amide bonds. The number of hydrogen-bond donors (Lipinski definition) is 2. The van der Waals surface area contributed by atoms with Gasteiger partial charge >= 0.3 is 0 Å². The Morgan fingerprint density at radius 2 is 1.71 bits per heavy atom. The van der Waals surface area contributed by atoms with Crippen molar-refractivity contribution in [1.29, 1.82) is 0 Å². The number of primary sulfonamides is 1. The molecule has 2 aromatic carbocycles. The smallest absolute Gasteiger partial charge is 0.244 e. The highest BCUT2D eigenvalue weighted by molar-refractivity contribution is 7.89. The lowest BCUT2D eigenvalue weighted by atomic mass is 10.1. The van der Waals surface area contributed by atoms with Crippen LogP contribution in [-0.2, 0) is 21.2 Å². The zero-order valence-corrected chi connectivity index (χ0v) is 14.2. The Kier molecular flexibility index (Phi) is 5.89. The summed E-state index contributed by atoms with van der Waals surface area (Å²) in [5.74, 6) is -0.155. The lowest BCUT2D eigenvalue weighted by Gasteiger charge is -2.05. The lowest BCUT2D eigenvalue weighted by molar-refractivity contribution is -0.116. The van der Waals surface area contributed by atoms with E-state index in [4.69, 9.17) is 5.14 Å². The van der Waals surface area contributed by atoms with Crippen molar-refractivity contribution in [3.8, 4) is 0 Å². The average molecular weight is 344 g/mol. The number of amides is 1. The van der Waals surface area contributed by atoms with E-state index in [-0.39, 0.29) is 10.8 Å². The molecule has 0 fully saturated rings. The molecule has 5 nitrogen and oxygen atoms in total. The van der Waals surface area contributed by atoms with Gasteiger partial charge in [0.05, 0.1) is 4.90 Å². The number of benzene rings is 2. The van der Waals surface area contributed by atoms with Crippen molar-refractivity contribution in [2.24, 2.45) is 5.14 Å². The molecule has 126 valence electrons. The first-order chi connectivity index (χ1) is 11.4. The Hall–Kier alpha value is -2.44. The molecule has 0 aromatic heterocycles. The van der Waals surface area contributed by atoms with Gasteiger partial charge in [-0.3, -0.25) is 4.79 Å². The summed E-state index contributed by atoms with van der Waals surface area (Å²) < 4.78 is 22.4. The molecule has 24 heavy (non-hydrogen) atoms. The van der Waals surface area contributed by atoms with Crippen molar-refractivity contribution in [2.45, 2.75) is 18.2 Å². The second-order valence-electron chi connectivity index (χ2n) is 5.42. The number of allylic oxidation sites excluding steroid dienone is 1. The molecule has 0 aliphatic rings. The first kappa shape index (κ1) is 17.9. The molecule has 3 N–H and O–H groups in total. The van der Waals surface area contributed by atoms with Gasteiger partial charge in [-0.1, -0.05) is 42.5 Å². The van der Waals surface area contributed by atoms with Crippen LogP contribution in [0.25, 0.3) is 5.57 Å². The van der Waals surface area contributed by atoms with Gasteiger partial charge in [0, 0.05) is 12.6 Å². The van der Waals surface area contributed by atoms with Crippen LogP contribution in [0, 0.1) is 0 Å². The van der Waals surface area contributed by atoms with Crippen molar-refractivity contribution >= 4 is 21.5 Å². The maximum absolute atomic E-state index is 11.9. The standard InChI is InChI=1S/C18H20N2O3S/c1-14(16-5-3-2-4-6-16)13-18(21)20-12-11-15-7-9-17(10-8-15)24(19,22)23/h2-10,13H,11-12H2,1H3,(H,20,21)(H2,19,22,23)/b14-13+. The molecule has 6 heteroatoms. The van der Waals surface area contributed by atoms with Gasteiger partial charge in [0.2, 0.25) is 15.9 Å². The zero-order chi connectivity index (χ0) is 17.6. The minimum atomic E-state index is -3.67. The maximum Gasteiger partial charge on any atom is 0.244 e. The lowest BCUT2D eigenvalue weighted by Crippen LogP contribution is -2.23. The van der Waals surface area contributed by atoms with Gasteiger partial charge in [-0.15, -0.1) is 0 Å². The van der Waals surface area contributed by atoms with Crippen LogP contribution >= 0.6 is 0 Å². The third-order valence-corrected chi connectivity index (χ3v) is 4.47. The van der Waals surface area contributed by atoms with Gasteiger partial charge < -0.3 is 5.32 Å². The van der Waals surface area contributed by atoms with Gasteiger partial charge in [-0.05, 0) is 42.2 Å². The molecule has 0 aliphatic heterocycles. The molecule has 0 atom stereocenters. The molecule has 2 aromatic rings. The molecule has 0 unspecified atom stereocenters. The summed E-state index contributed by atoms with van der Waals surface area (Å²) in [6.45, 7) is 2.35. The number of sulfonamides is 1. The summed E-state index contributed by atoms with van der Waals surface area (Å²) in [4.78, 5) is 12.0. The summed E-state index contributed by atoms with van der Waals surface area (Å²) >= 11 is 0. The zero-order valence-electron chi connectivity index (χ0n) is 13.4. The highest BCUT2D eigenvalue weighted by Crippen LogP contribution is 2.12. The van der Waals surface area contributed by atoms with Gasteiger partial charge in [-0.25, -0.2) is 13.6 Å². The molecule has 0 saturated carbocycles. The minimum Gasteiger partial charge on any atom is -0.352 e. The monoisotopic (exact) mass is 344 g/mol. The number of nitrogens with one attached hydrogen (secondary N) is 1. The summed E-state index contributed by atoms with van der Waals surface area (Å²) in [6, 6.07) is 16.0. The third-order valence-electron chi connectivity index (χ3n) is 3.54. The van der Waals surface area contributed by atoms with E-state index in [0.29, 0.717) is 13.0 Å². The Bertz CT molecular complexity index is 826. The maximum atomic E-state index is 11.9. The molecular formula is C18H20N2O3S. The van der Waals surface area contributed by atoms with E-state index < -0.39 is 10.0 Å². The summed E-state index contributed by atoms with van der Waals surface area (Å²) in [6.07, 6.45) is 2.17. The van der Waals surface area contributed by atoms with E-state index in [9.17, 15) is 13.2 Å². The fourth-order valence-electron chi connectivity index (χ4n) is 2.21. The first-order valence-corrected chi connectivity index (χ1v) is 9.04. The van der Waals surface area contributed by atoms with Crippen molar-refractivity contribution in [2.75, 3.05) is 6.54 Å². The second-order valence-corrected chi connectivity index (χ2v) is 6.98. The average Bonchev–Trinajstić information content (AvgIpc) is 2.55. The number of hydrogen-bond acceptors (Lipinski definition) is 3. The first-order valence-electron chi connectivity index (χ1n) is 7.49. The van der Waals surface area contributed by atoms with E-state index >= 15 is 0 Å². The summed E-state index contributed by atoms with van der Waals surface area (Å²) in [7, 11) is -3.67. The highest BCUT2D eigenvalue weighted by Gasteiger charge is 2.06. The number of rotatable bonds is 6. The van der Waals surface area contributed by atoms with E-state index in [2.05, 4.69) is 5.32 Å². The molecule has 0 heterocycles. The predicted molar refractivity (Wildman–Crippen MR) is 94.6 cm³/mol. The van der Waals surface area contributed by atoms with Crippen molar-refractivity contribution < 1.29 is 13.2 Å². The van der Waals surface area contributed by atoms with Crippen LogP contribution in [-0.4, -0.2) is 20.9 Å². The van der Waals surface area contributed by atoms with Gasteiger partial charge in [0.25, 0.3) is 0 Å². The van der Waals surface area contributed by atoms with E-state index in [1.807, 2.05) is 37.3 Å². The Morgan fingerprint density at radius 3 is 2.29 bits per heavy atom. The van der Waals surface area contributed by atoms with E-state index in [1.165, 1.54) is 12.1 Å². The topological polar surface area (TPSA) is 89.3 Å². The molecule has 0 radical (unpaired) electrons. The molecule has 2 rings (SSSR count). The Morgan fingerprint density at radius 1 is 1.08 bits per heavy atom. The fraction of sp³-hybridized carbons (Fsp3) is 0.167. The van der Waals surface area contributed by atoms with Crippen LogP contribution in [0.3, 0.4) is 0 Å². The van der Waals surface area contributed by atoms with Crippen LogP contribution in [0.1, 0.15) is 18.1 Å². The van der Waals surface area contributed by atoms with Crippen molar-refractivity contribution in [3.05, 3.63) is 71.8 Å². The van der Waals surface area contributed by atoms with Crippen molar-refractivity contribution in [1.82, 2.24) is 5.32 Å². The van der Waals surface area contributed by atoms with Gasteiger partial charge in [-0.2, -0.15) is 0 Å². The van der Waals surface area contributed by atoms with Crippen LogP contribution in [0.2, 0.25) is 0 Å². The minimum absolute atomic E-state index is 0.0803. The summed E-state index contributed by atoms with van der Waals surface area (Å²) in [5, 5.41) is 7.87. The molecule has 0 saturated heterocycles. The number of nitrogens with two attached hydrogens (primary N) is 1.